The number of benzene rings is 2. The van der Waals surface area contributed by atoms with E-state index >= 15 is 0 Å². The second-order valence-corrected chi connectivity index (χ2v) is 5.39. The van der Waals surface area contributed by atoms with E-state index in [2.05, 4.69) is 15.5 Å². The van der Waals surface area contributed by atoms with Crippen molar-refractivity contribution in [1.29, 1.82) is 0 Å². The predicted molar refractivity (Wildman–Crippen MR) is 83.5 cm³/mol. The maximum Gasteiger partial charge on any atom is 0.247 e. The summed E-state index contributed by atoms with van der Waals surface area (Å²) in [6, 6.07) is 11.0. The zero-order chi connectivity index (χ0) is 15.5. The minimum absolute atomic E-state index is 0.317. The van der Waals surface area contributed by atoms with Crippen molar-refractivity contribution in [2.24, 2.45) is 0 Å². The summed E-state index contributed by atoms with van der Waals surface area (Å²) < 4.78 is 18.4. The fourth-order valence-corrected chi connectivity index (χ4v) is 2.39. The molecule has 0 saturated carbocycles. The predicted octanol–water partition coefficient (Wildman–Crippen LogP) is 4.79. The van der Waals surface area contributed by atoms with Crippen molar-refractivity contribution in [2.75, 3.05) is 5.32 Å². The Morgan fingerprint density at radius 1 is 1.00 bits per heavy atom. The molecule has 1 N–H and O–H groups in total. The Kier molecular flexibility index (Phi) is 4.27. The maximum atomic E-state index is 12.9. The van der Waals surface area contributed by atoms with Crippen LogP contribution in [0.2, 0.25) is 10.0 Å². The summed E-state index contributed by atoms with van der Waals surface area (Å²) in [5.41, 5.74) is 1.41. The molecule has 0 aliphatic rings. The quantitative estimate of drug-likeness (QED) is 0.743. The molecule has 22 heavy (non-hydrogen) atoms. The first-order valence-corrected chi connectivity index (χ1v) is 7.14. The maximum absolute atomic E-state index is 12.9. The van der Waals surface area contributed by atoms with Crippen molar-refractivity contribution in [3.8, 4) is 11.5 Å². The van der Waals surface area contributed by atoms with Crippen LogP contribution in [0, 0.1) is 5.82 Å². The summed E-state index contributed by atoms with van der Waals surface area (Å²) in [6.07, 6.45) is 0. The number of hydrogen-bond acceptors (Lipinski definition) is 4. The molecule has 4 nitrogen and oxygen atoms in total. The van der Waals surface area contributed by atoms with Gasteiger partial charge in [0.2, 0.25) is 11.8 Å². The molecule has 7 heteroatoms. The first-order chi connectivity index (χ1) is 10.6. The zero-order valence-corrected chi connectivity index (χ0v) is 12.7. The number of aromatic nitrogens is 2. The molecule has 0 bridgehead atoms. The van der Waals surface area contributed by atoms with Crippen LogP contribution in [0.5, 0.6) is 0 Å². The highest BCUT2D eigenvalue weighted by Gasteiger charge is 2.08. The number of hydrogen-bond donors (Lipinski definition) is 1. The van der Waals surface area contributed by atoms with Gasteiger partial charge in [-0.3, -0.25) is 0 Å². The van der Waals surface area contributed by atoms with Gasteiger partial charge in [-0.2, -0.15) is 0 Å². The average molecular weight is 338 g/mol. The third kappa shape index (κ3) is 3.55. The standard InChI is InChI=1S/C15H10Cl2FN3O/c16-10-5-11(17)7-13(6-10)19-8-14-20-21-15(22-14)9-1-3-12(18)4-2-9/h1-7,19H,8H2. The number of halogens is 3. The summed E-state index contributed by atoms with van der Waals surface area (Å²) in [5.74, 6) is 0.416. The van der Waals surface area contributed by atoms with Gasteiger partial charge in [-0.05, 0) is 42.5 Å². The summed E-state index contributed by atoms with van der Waals surface area (Å²) in [7, 11) is 0. The van der Waals surface area contributed by atoms with Crippen molar-refractivity contribution >= 4 is 28.9 Å². The first kappa shape index (κ1) is 14.8. The summed E-state index contributed by atoms with van der Waals surface area (Å²) >= 11 is 11.8. The number of nitrogens with zero attached hydrogens (tertiary/aromatic N) is 2. The van der Waals surface area contributed by atoms with E-state index in [1.165, 1.54) is 12.1 Å². The van der Waals surface area contributed by atoms with E-state index in [-0.39, 0.29) is 5.82 Å². The molecule has 112 valence electrons. The van der Waals surface area contributed by atoms with Gasteiger partial charge < -0.3 is 9.73 Å². The molecule has 0 aliphatic heterocycles. The fraction of sp³-hybridized carbons (Fsp3) is 0.0667. The molecular weight excluding hydrogens is 328 g/mol. The molecule has 0 atom stereocenters. The lowest BCUT2D eigenvalue weighted by molar-refractivity contribution is 0.515. The first-order valence-electron chi connectivity index (χ1n) is 6.38. The Balaban J connectivity index is 1.70. The van der Waals surface area contributed by atoms with Crippen LogP contribution in [0.1, 0.15) is 5.89 Å². The Hall–Kier alpha value is -2.11. The molecule has 0 saturated heterocycles. The second-order valence-electron chi connectivity index (χ2n) is 4.52. The smallest absolute Gasteiger partial charge is 0.247 e. The number of rotatable bonds is 4. The van der Waals surface area contributed by atoms with E-state index in [1.807, 2.05) is 0 Å². The molecule has 0 unspecified atom stereocenters. The van der Waals surface area contributed by atoms with Crippen molar-refractivity contribution in [3.05, 3.63) is 64.2 Å². The molecule has 3 rings (SSSR count). The van der Waals surface area contributed by atoms with Gasteiger partial charge in [0.25, 0.3) is 0 Å². The van der Waals surface area contributed by atoms with Crippen LogP contribution in [-0.2, 0) is 6.54 Å². The van der Waals surface area contributed by atoms with Gasteiger partial charge in [-0.15, -0.1) is 10.2 Å². The molecule has 0 amide bonds. The van der Waals surface area contributed by atoms with Crippen LogP contribution >= 0.6 is 23.2 Å². The van der Waals surface area contributed by atoms with Crippen LogP contribution in [0.4, 0.5) is 10.1 Å². The van der Waals surface area contributed by atoms with Gasteiger partial charge in [0, 0.05) is 21.3 Å². The van der Waals surface area contributed by atoms with Gasteiger partial charge in [-0.25, -0.2) is 4.39 Å². The highest BCUT2D eigenvalue weighted by atomic mass is 35.5. The minimum atomic E-state index is -0.317. The monoisotopic (exact) mass is 337 g/mol. The molecule has 0 radical (unpaired) electrons. The van der Waals surface area contributed by atoms with E-state index in [0.29, 0.717) is 33.9 Å². The van der Waals surface area contributed by atoms with Gasteiger partial charge in [0.15, 0.2) is 0 Å². The highest BCUT2D eigenvalue weighted by molar-refractivity contribution is 6.35. The summed E-state index contributed by atoms with van der Waals surface area (Å²) in [6.45, 7) is 0.324. The third-order valence-corrected chi connectivity index (χ3v) is 3.30. The van der Waals surface area contributed by atoms with Gasteiger partial charge in [-0.1, -0.05) is 23.2 Å². The van der Waals surface area contributed by atoms with E-state index < -0.39 is 0 Å². The van der Waals surface area contributed by atoms with E-state index in [0.717, 1.165) is 5.69 Å². The van der Waals surface area contributed by atoms with Crippen LogP contribution in [-0.4, -0.2) is 10.2 Å². The topological polar surface area (TPSA) is 51.0 Å². The van der Waals surface area contributed by atoms with Crippen molar-refractivity contribution in [3.63, 3.8) is 0 Å². The lowest BCUT2D eigenvalue weighted by atomic mass is 10.2. The molecule has 0 fully saturated rings. The third-order valence-electron chi connectivity index (χ3n) is 2.86. The van der Waals surface area contributed by atoms with Crippen molar-refractivity contribution in [1.82, 2.24) is 10.2 Å². The SMILES string of the molecule is Fc1ccc(-c2nnc(CNc3cc(Cl)cc(Cl)c3)o2)cc1. The van der Waals surface area contributed by atoms with Gasteiger partial charge in [0.05, 0.1) is 6.54 Å². The van der Waals surface area contributed by atoms with E-state index in [4.69, 9.17) is 27.6 Å². The van der Waals surface area contributed by atoms with Crippen LogP contribution in [0.25, 0.3) is 11.5 Å². The van der Waals surface area contributed by atoms with Gasteiger partial charge in [0.1, 0.15) is 5.82 Å². The average Bonchev–Trinajstić information content (AvgIpc) is 2.94. The van der Waals surface area contributed by atoms with E-state index in [9.17, 15) is 4.39 Å². The molecule has 2 aromatic carbocycles. The lowest BCUT2D eigenvalue weighted by Gasteiger charge is -2.04. The Morgan fingerprint density at radius 3 is 2.36 bits per heavy atom. The van der Waals surface area contributed by atoms with E-state index in [1.54, 1.807) is 30.3 Å². The Bertz CT molecular complexity index is 769. The molecule has 3 aromatic rings. The number of nitrogens with one attached hydrogen (secondary N) is 1. The van der Waals surface area contributed by atoms with Crippen molar-refractivity contribution < 1.29 is 8.81 Å². The van der Waals surface area contributed by atoms with Crippen LogP contribution in [0.15, 0.2) is 46.9 Å². The van der Waals surface area contributed by atoms with Crippen LogP contribution < -0.4 is 5.32 Å². The Labute approximate surface area is 135 Å². The van der Waals surface area contributed by atoms with Crippen LogP contribution in [0.3, 0.4) is 0 Å². The Morgan fingerprint density at radius 2 is 1.68 bits per heavy atom. The minimum Gasteiger partial charge on any atom is -0.419 e. The van der Waals surface area contributed by atoms with Crippen molar-refractivity contribution in [2.45, 2.75) is 6.54 Å². The molecule has 1 aromatic heterocycles. The largest absolute Gasteiger partial charge is 0.419 e. The summed E-state index contributed by atoms with van der Waals surface area (Å²) in [5, 5.41) is 12.0. The second kappa shape index (κ2) is 6.34. The molecule has 0 aliphatic carbocycles. The fourth-order valence-electron chi connectivity index (χ4n) is 1.87. The van der Waals surface area contributed by atoms with Gasteiger partial charge >= 0.3 is 0 Å². The highest BCUT2D eigenvalue weighted by Crippen LogP contribution is 2.23. The molecule has 0 spiro atoms. The lowest BCUT2D eigenvalue weighted by Crippen LogP contribution is -1.99. The molecular formula is C15H10Cl2FN3O. The number of anilines is 1. The summed E-state index contributed by atoms with van der Waals surface area (Å²) in [4.78, 5) is 0. The zero-order valence-electron chi connectivity index (χ0n) is 11.2. The normalized spacial score (nSPS) is 10.7. The molecule has 1 heterocycles.